The van der Waals surface area contributed by atoms with E-state index in [-0.39, 0.29) is 0 Å². The second-order valence-electron chi connectivity index (χ2n) is 5.71. The molecule has 0 aliphatic heterocycles. The van der Waals surface area contributed by atoms with Crippen molar-refractivity contribution >= 4 is 5.57 Å². The third-order valence-electron chi connectivity index (χ3n) is 3.81. The standard InChI is InChI=1S/C20H16F6/c1-3-4-13(2)18(14-5-9-16(10-6-14)19(21,22)23)15-7-11-17(12-8-15)20(24,25)26/h3-12H,1-2H3/b4-3+. The highest BCUT2D eigenvalue weighted by atomic mass is 19.4. The van der Waals surface area contributed by atoms with Crippen molar-refractivity contribution in [1.29, 1.82) is 0 Å². The zero-order chi connectivity index (χ0) is 19.5. The molecular formula is C20H16F6. The Morgan fingerprint density at radius 2 is 1.04 bits per heavy atom. The SMILES string of the molecule is C/C=C/C(C)=C(c1ccc(C(F)(F)F)cc1)c1ccc(C(F)(F)F)cc1. The van der Waals surface area contributed by atoms with Gasteiger partial charge in [-0.05, 0) is 60.4 Å². The van der Waals surface area contributed by atoms with E-state index in [0.29, 0.717) is 16.7 Å². The molecule has 26 heavy (non-hydrogen) atoms. The zero-order valence-corrected chi connectivity index (χ0v) is 14.0. The number of halogens is 6. The smallest absolute Gasteiger partial charge is 0.166 e. The molecule has 0 saturated carbocycles. The van der Waals surface area contributed by atoms with Crippen molar-refractivity contribution in [1.82, 2.24) is 0 Å². The molecule has 138 valence electrons. The van der Waals surface area contributed by atoms with E-state index in [1.165, 1.54) is 24.3 Å². The maximum atomic E-state index is 12.7. The van der Waals surface area contributed by atoms with Crippen LogP contribution < -0.4 is 0 Å². The summed E-state index contributed by atoms with van der Waals surface area (Å²) in [7, 11) is 0. The number of allylic oxidation sites excluding steroid dienone is 3. The highest BCUT2D eigenvalue weighted by Crippen LogP contribution is 2.34. The fraction of sp³-hybridized carbons (Fsp3) is 0.200. The van der Waals surface area contributed by atoms with Crippen LogP contribution in [0.15, 0.2) is 66.3 Å². The van der Waals surface area contributed by atoms with E-state index in [1.54, 1.807) is 26.0 Å². The van der Waals surface area contributed by atoms with Gasteiger partial charge in [0.05, 0.1) is 11.1 Å². The number of benzene rings is 2. The molecule has 0 aromatic heterocycles. The number of hydrogen-bond acceptors (Lipinski definition) is 0. The van der Waals surface area contributed by atoms with Gasteiger partial charge in [-0.15, -0.1) is 0 Å². The molecule has 2 aromatic rings. The third-order valence-corrected chi connectivity index (χ3v) is 3.81. The summed E-state index contributed by atoms with van der Waals surface area (Å²) in [6.07, 6.45) is -5.39. The summed E-state index contributed by atoms with van der Waals surface area (Å²) in [4.78, 5) is 0. The predicted molar refractivity (Wildman–Crippen MR) is 89.4 cm³/mol. The maximum Gasteiger partial charge on any atom is 0.416 e. The number of alkyl halides is 6. The summed E-state index contributed by atoms with van der Waals surface area (Å²) in [6.45, 7) is 3.53. The predicted octanol–water partition coefficient (Wildman–Crippen LogP) is 7.12. The minimum Gasteiger partial charge on any atom is -0.166 e. The normalized spacial score (nSPS) is 12.5. The van der Waals surface area contributed by atoms with Gasteiger partial charge in [0.25, 0.3) is 0 Å². The Balaban J connectivity index is 2.54. The summed E-state index contributed by atoms with van der Waals surface area (Å²) >= 11 is 0. The molecule has 6 heteroatoms. The van der Waals surface area contributed by atoms with Crippen molar-refractivity contribution in [2.45, 2.75) is 26.2 Å². The highest BCUT2D eigenvalue weighted by molar-refractivity contribution is 5.83. The van der Waals surface area contributed by atoms with E-state index in [2.05, 4.69) is 0 Å². The zero-order valence-electron chi connectivity index (χ0n) is 14.0. The second kappa shape index (κ2) is 7.40. The molecular weight excluding hydrogens is 354 g/mol. The summed E-state index contributed by atoms with van der Waals surface area (Å²) in [6, 6.07) is 9.13. The Morgan fingerprint density at radius 3 is 1.31 bits per heavy atom. The summed E-state index contributed by atoms with van der Waals surface area (Å²) in [5.74, 6) is 0. The first-order valence-corrected chi connectivity index (χ1v) is 7.73. The van der Waals surface area contributed by atoms with Crippen LogP contribution in [0.2, 0.25) is 0 Å². The molecule has 0 nitrogen and oxygen atoms in total. The Labute approximate surface area is 147 Å². The fourth-order valence-corrected chi connectivity index (χ4v) is 2.61. The lowest BCUT2D eigenvalue weighted by molar-refractivity contribution is -0.138. The van der Waals surface area contributed by atoms with Gasteiger partial charge < -0.3 is 0 Å². The van der Waals surface area contributed by atoms with Gasteiger partial charge in [-0.25, -0.2) is 0 Å². The molecule has 0 saturated heterocycles. The van der Waals surface area contributed by atoms with Gasteiger partial charge in [-0.1, -0.05) is 36.4 Å². The van der Waals surface area contributed by atoms with E-state index in [4.69, 9.17) is 0 Å². The minimum absolute atomic E-state index is 0.494. The topological polar surface area (TPSA) is 0 Å². The molecule has 0 heterocycles. The maximum absolute atomic E-state index is 12.7. The molecule has 2 aromatic carbocycles. The minimum atomic E-state index is -4.45. The first kappa shape index (κ1) is 19.8. The lowest BCUT2D eigenvalue weighted by Gasteiger charge is -2.14. The first-order chi connectivity index (χ1) is 12.0. The lowest BCUT2D eigenvalue weighted by atomic mass is 9.92. The van der Waals surface area contributed by atoms with Crippen molar-refractivity contribution in [2.24, 2.45) is 0 Å². The van der Waals surface area contributed by atoms with Gasteiger partial charge in [0.2, 0.25) is 0 Å². The van der Waals surface area contributed by atoms with Crippen LogP contribution in [0.4, 0.5) is 26.3 Å². The molecule has 2 rings (SSSR count). The van der Waals surface area contributed by atoms with Crippen LogP contribution in [-0.2, 0) is 12.4 Å². The van der Waals surface area contributed by atoms with Gasteiger partial charge in [-0.2, -0.15) is 26.3 Å². The molecule has 0 N–H and O–H groups in total. The Hall–Kier alpha value is -2.50. The van der Waals surface area contributed by atoms with Crippen molar-refractivity contribution in [3.05, 3.63) is 88.5 Å². The van der Waals surface area contributed by atoms with Gasteiger partial charge in [-0.3, -0.25) is 0 Å². The summed E-state index contributed by atoms with van der Waals surface area (Å²) in [5.41, 5.74) is 0.729. The van der Waals surface area contributed by atoms with Gasteiger partial charge in [0.15, 0.2) is 0 Å². The molecule has 0 radical (unpaired) electrons. The Morgan fingerprint density at radius 1 is 0.692 bits per heavy atom. The van der Waals surface area contributed by atoms with Gasteiger partial charge in [0.1, 0.15) is 0 Å². The van der Waals surface area contributed by atoms with E-state index in [9.17, 15) is 26.3 Å². The number of hydrogen-bond donors (Lipinski definition) is 0. The quantitative estimate of drug-likeness (QED) is 0.398. The molecule has 0 spiro atoms. The average Bonchev–Trinajstić information content (AvgIpc) is 2.55. The van der Waals surface area contributed by atoms with Crippen molar-refractivity contribution in [3.8, 4) is 0 Å². The van der Waals surface area contributed by atoms with Crippen molar-refractivity contribution in [2.75, 3.05) is 0 Å². The monoisotopic (exact) mass is 370 g/mol. The molecule has 0 amide bonds. The van der Waals surface area contributed by atoms with E-state index in [1.807, 2.05) is 0 Å². The van der Waals surface area contributed by atoms with Crippen molar-refractivity contribution in [3.63, 3.8) is 0 Å². The van der Waals surface area contributed by atoms with Gasteiger partial charge in [0, 0.05) is 0 Å². The average molecular weight is 370 g/mol. The summed E-state index contributed by atoms with van der Waals surface area (Å²) in [5, 5.41) is 0. The summed E-state index contributed by atoms with van der Waals surface area (Å²) < 4.78 is 76.5. The van der Waals surface area contributed by atoms with Crippen molar-refractivity contribution < 1.29 is 26.3 Å². The van der Waals surface area contributed by atoms with Crippen LogP contribution in [0, 0.1) is 0 Å². The first-order valence-electron chi connectivity index (χ1n) is 7.73. The van der Waals surface area contributed by atoms with E-state index < -0.39 is 23.5 Å². The molecule has 0 unspecified atom stereocenters. The molecule has 0 atom stereocenters. The largest absolute Gasteiger partial charge is 0.416 e. The highest BCUT2D eigenvalue weighted by Gasteiger charge is 2.31. The number of rotatable bonds is 3. The Kier molecular flexibility index (Phi) is 5.64. The van der Waals surface area contributed by atoms with E-state index in [0.717, 1.165) is 29.8 Å². The fourth-order valence-electron chi connectivity index (χ4n) is 2.61. The Bertz CT molecular complexity index is 744. The molecule has 0 aliphatic rings. The van der Waals surface area contributed by atoms with E-state index >= 15 is 0 Å². The molecule has 0 bridgehead atoms. The van der Waals surface area contributed by atoms with Crippen LogP contribution in [0.1, 0.15) is 36.1 Å². The molecule has 0 aliphatic carbocycles. The third kappa shape index (κ3) is 4.56. The lowest BCUT2D eigenvalue weighted by Crippen LogP contribution is -2.05. The molecule has 0 fully saturated rings. The van der Waals surface area contributed by atoms with Crippen LogP contribution in [0.3, 0.4) is 0 Å². The second-order valence-corrected chi connectivity index (χ2v) is 5.71. The van der Waals surface area contributed by atoms with Gasteiger partial charge >= 0.3 is 12.4 Å². The van der Waals surface area contributed by atoms with Crippen LogP contribution in [0.25, 0.3) is 5.57 Å². The van der Waals surface area contributed by atoms with Crippen LogP contribution in [0.5, 0.6) is 0 Å². The van der Waals surface area contributed by atoms with Crippen LogP contribution in [-0.4, -0.2) is 0 Å². The van der Waals surface area contributed by atoms with Crippen LogP contribution >= 0.6 is 0 Å².